The molecule has 1 heterocycles. The first-order valence-electron chi connectivity index (χ1n) is 9.36. The highest BCUT2D eigenvalue weighted by molar-refractivity contribution is 5.79. The summed E-state index contributed by atoms with van der Waals surface area (Å²) in [4.78, 5) is 28.6. The lowest BCUT2D eigenvalue weighted by Gasteiger charge is -2.37. The number of carbonyl (C=O) groups excluding carboxylic acids is 2. The number of hydrogen-bond donors (Lipinski definition) is 0. The molecule has 27 heavy (non-hydrogen) atoms. The van der Waals surface area contributed by atoms with Gasteiger partial charge in [-0.15, -0.1) is 0 Å². The molecule has 2 aromatic rings. The van der Waals surface area contributed by atoms with Crippen LogP contribution in [0.1, 0.15) is 43.0 Å². The van der Waals surface area contributed by atoms with E-state index in [-0.39, 0.29) is 30.1 Å². The lowest BCUT2D eigenvalue weighted by atomic mass is 9.90. The lowest BCUT2D eigenvalue weighted by molar-refractivity contribution is -0.137. The van der Waals surface area contributed by atoms with Crippen molar-refractivity contribution in [3.63, 3.8) is 0 Å². The fourth-order valence-electron chi connectivity index (χ4n) is 3.78. The van der Waals surface area contributed by atoms with Gasteiger partial charge < -0.3 is 9.80 Å². The maximum Gasteiger partial charge on any atom is 0.225 e. The third-order valence-corrected chi connectivity index (χ3v) is 5.18. The number of amides is 2. The molecule has 2 amide bonds. The van der Waals surface area contributed by atoms with Gasteiger partial charge in [0.05, 0.1) is 12.5 Å². The van der Waals surface area contributed by atoms with Gasteiger partial charge in [0.15, 0.2) is 0 Å². The molecule has 0 bridgehead atoms. The van der Waals surface area contributed by atoms with E-state index in [4.69, 9.17) is 0 Å². The van der Waals surface area contributed by atoms with Crippen LogP contribution in [0.2, 0.25) is 0 Å². The zero-order valence-corrected chi connectivity index (χ0v) is 15.8. The molecule has 0 spiro atoms. The number of hydrogen-bond acceptors (Lipinski definition) is 2. The molecule has 1 aliphatic heterocycles. The summed E-state index contributed by atoms with van der Waals surface area (Å²) >= 11 is 0. The van der Waals surface area contributed by atoms with E-state index in [0.29, 0.717) is 19.6 Å². The highest BCUT2D eigenvalue weighted by atomic mass is 19.1. The molecular formula is C22H25FN2O2. The average Bonchev–Trinajstić information content (AvgIpc) is 2.66. The van der Waals surface area contributed by atoms with Crippen LogP contribution in [0.15, 0.2) is 48.5 Å². The van der Waals surface area contributed by atoms with Crippen LogP contribution in [0.4, 0.5) is 4.39 Å². The van der Waals surface area contributed by atoms with Crippen LogP contribution in [0.5, 0.6) is 0 Å². The molecule has 0 fully saturated rings. The largest absolute Gasteiger partial charge is 0.339 e. The summed E-state index contributed by atoms with van der Waals surface area (Å²) < 4.78 is 13.5. The minimum atomic E-state index is -0.306. The van der Waals surface area contributed by atoms with Gasteiger partial charge in [0.1, 0.15) is 5.82 Å². The van der Waals surface area contributed by atoms with Crippen molar-refractivity contribution in [1.82, 2.24) is 9.80 Å². The second-order valence-electron chi connectivity index (χ2n) is 6.92. The Morgan fingerprint density at radius 3 is 2.67 bits per heavy atom. The number of nitrogens with zero attached hydrogens (tertiary/aromatic N) is 2. The molecule has 1 aliphatic rings. The topological polar surface area (TPSA) is 40.6 Å². The van der Waals surface area contributed by atoms with Crippen LogP contribution in [0, 0.1) is 5.82 Å². The van der Waals surface area contributed by atoms with Gasteiger partial charge in [-0.05, 0) is 42.2 Å². The van der Waals surface area contributed by atoms with Gasteiger partial charge in [0.2, 0.25) is 11.8 Å². The van der Waals surface area contributed by atoms with E-state index in [1.165, 1.54) is 17.7 Å². The quantitative estimate of drug-likeness (QED) is 0.807. The van der Waals surface area contributed by atoms with Gasteiger partial charge in [-0.3, -0.25) is 9.59 Å². The van der Waals surface area contributed by atoms with E-state index in [1.54, 1.807) is 22.8 Å². The second-order valence-corrected chi connectivity index (χ2v) is 6.92. The van der Waals surface area contributed by atoms with Crippen molar-refractivity contribution in [1.29, 1.82) is 0 Å². The van der Waals surface area contributed by atoms with E-state index >= 15 is 0 Å². The Bertz CT molecular complexity index is 837. The molecule has 142 valence electrons. The maximum atomic E-state index is 13.5. The SMILES string of the molecule is CCN(Cc1cccc(F)c1)C(=O)CC1c2ccccc2CCN1C(C)=O. The van der Waals surface area contributed by atoms with Crippen molar-refractivity contribution in [3.05, 3.63) is 71.0 Å². The molecule has 2 aromatic carbocycles. The highest BCUT2D eigenvalue weighted by Crippen LogP contribution is 2.33. The van der Waals surface area contributed by atoms with Gasteiger partial charge in [-0.25, -0.2) is 4.39 Å². The first-order chi connectivity index (χ1) is 13.0. The van der Waals surface area contributed by atoms with E-state index in [2.05, 4.69) is 6.07 Å². The van der Waals surface area contributed by atoms with Crippen molar-refractivity contribution in [3.8, 4) is 0 Å². The monoisotopic (exact) mass is 368 g/mol. The fraction of sp³-hybridized carbons (Fsp3) is 0.364. The minimum absolute atomic E-state index is 0.0181. The fourth-order valence-corrected chi connectivity index (χ4v) is 3.78. The molecular weight excluding hydrogens is 343 g/mol. The molecule has 5 heteroatoms. The van der Waals surface area contributed by atoms with Crippen molar-refractivity contribution < 1.29 is 14.0 Å². The first kappa shape index (κ1) is 19.1. The molecule has 0 saturated carbocycles. The summed E-state index contributed by atoms with van der Waals surface area (Å²) in [5, 5.41) is 0. The van der Waals surface area contributed by atoms with Gasteiger partial charge in [0, 0.05) is 26.6 Å². The number of benzene rings is 2. The number of rotatable bonds is 5. The Kier molecular flexibility index (Phi) is 5.89. The summed E-state index contributed by atoms with van der Waals surface area (Å²) in [6.45, 7) is 4.98. The van der Waals surface area contributed by atoms with Crippen LogP contribution >= 0.6 is 0 Å². The van der Waals surface area contributed by atoms with E-state index in [9.17, 15) is 14.0 Å². The third kappa shape index (κ3) is 4.35. The lowest BCUT2D eigenvalue weighted by Crippen LogP contribution is -2.42. The summed E-state index contributed by atoms with van der Waals surface area (Å²) in [5.41, 5.74) is 3.01. The molecule has 4 nitrogen and oxygen atoms in total. The maximum absolute atomic E-state index is 13.5. The smallest absolute Gasteiger partial charge is 0.225 e. The predicted molar refractivity (Wildman–Crippen MR) is 102 cm³/mol. The summed E-state index contributed by atoms with van der Waals surface area (Å²) in [5.74, 6) is -0.356. The number of fused-ring (bicyclic) bond motifs is 1. The van der Waals surface area contributed by atoms with Crippen LogP contribution < -0.4 is 0 Å². The molecule has 0 radical (unpaired) electrons. The summed E-state index contributed by atoms with van der Waals surface area (Å²) in [6.07, 6.45) is 1.04. The Balaban J connectivity index is 1.80. The Morgan fingerprint density at radius 1 is 1.19 bits per heavy atom. The van der Waals surface area contributed by atoms with Gasteiger partial charge in [-0.2, -0.15) is 0 Å². The molecule has 1 atom stereocenters. The summed E-state index contributed by atoms with van der Waals surface area (Å²) in [6, 6.07) is 14.1. The van der Waals surface area contributed by atoms with Gasteiger partial charge >= 0.3 is 0 Å². The molecule has 3 rings (SSSR count). The first-order valence-corrected chi connectivity index (χ1v) is 9.36. The molecule has 0 aromatic heterocycles. The van der Waals surface area contributed by atoms with Crippen LogP contribution in [0.25, 0.3) is 0 Å². The number of halogens is 1. The van der Waals surface area contributed by atoms with Crippen molar-refractivity contribution >= 4 is 11.8 Å². The minimum Gasteiger partial charge on any atom is -0.339 e. The van der Waals surface area contributed by atoms with Crippen molar-refractivity contribution in [2.75, 3.05) is 13.1 Å². The molecule has 0 N–H and O–H groups in total. The van der Waals surface area contributed by atoms with E-state index in [0.717, 1.165) is 17.5 Å². The molecule has 0 aliphatic carbocycles. The van der Waals surface area contributed by atoms with Crippen LogP contribution in [-0.4, -0.2) is 34.7 Å². The third-order valence-electron chi connectivity index (χ3n) is 5.18. The zero-order valence-electron chi connectivity index (χ0n) is 15.8. The standard InChI is InChI=1S/C22H25FN2O2/c1-3-24(15-17-7-6-9-19(23)13-17)22(27)14-21-20-10-5-4-8-18(20)11-12-25(21)16(2)26/h4-10,13,21H,3,11-12,14-15H2,1-2H3. The zero-order chi connectivity index (χ0) is 19.4. The van der Waals surface area contributed by atoms with Gasteiger partial charge in [-0.1, -0.05) is 36.4 Å². The Hall–Kier alpha value is -2.69. The van der Waals surface area contributed by atoms with Gasteiger partial charge in [0.25, 0.3) is 0 Å². The average molecular weight is 368 g/mol. The normalized spacial score (nSPS) is 16.0. The second kappa shape index (κ2) is 8.33. The Morgan fingerprint density at radius 2 is 1.96 bits per heavy atom. The summed E-state index contributed by atoms with van der Waals surface area (Å²) in [7, 11) is 0. The predicted octanol–water partition coefficient (Wildman–Crippen LogP) is 3.71. The molecule has 1 unspecified atom stereocenters. The van der Waals surface area contributed by atoms with E-state index < -0.39 is 0 Å². The van der Waals surface area contributed by atoms with E-state index in [1.807, 2.05) is 31.2 Å². The number of carbonyl (C=O) groups is 2. The molecule has 0 saturated heterocycles. The van der Waals surface area contributed by atoms with Crippen LogP contribution in [0.3, 0.4) is 0 Å². The Labute approximate surface area is 159 Å². The van der Waals surface area contributed by atoms with Crippen molar-refractivity contribution in [2.45, 2.75) is 39.3 Å². The highest BCUT2D eigenvalue weighted by Gasteiger charge is 2.31. The van der Waals surface area contributed by atoms with Crippen molar-refractivity contribution in [2.24, 2.45) is 0 Å². The van der Waals surface area contributed by atoms with Crippen LogP contribution in [-0.2, 0) is 22.6 Å².